The first-order valence-electron chi connectivity index (χ1n) is 6.13. The molecule has 3 aromatic rings. The molecule has 0 aliphatic heterocycles. The van der Waals surface area contributed by atoms with Crippen molar-refractivity contribution in [2.24, 2.45) is 0 Å². The summed E-state index contributed by atoms with van der Waals surface area (Å²) in [5, 5.41) is 0.724. The van der Waals surface area contributed by atoms with Crippen molar-refractivity contribution in [3.8, 4) is 17.4 Å². The number of ether oxygens (including phenoxy) is 2. The molecule has 3 rings (SSSR count). The fraction of sp³-hybridized carbons (Fsp3) is 0.0714. The van der Waals surface area contributed by atoms with Crippen molar-refractivity contribution in [3.05, 3.63) is 47.1 Å². The Morgan fingerprint density at radius 2 is 2.10 bits per heavy atom. The van der Waals surface area contributed by atoms with E-state index in [4.69, 9.17) is 15.2 Å². The van der Waals surface area contributed by atoms with Gasteiger partial charge < -0.3 is 20.2 Å². The molecule has 0 atom stereocenters. The third-order valence-corrected chi connectivity index (χ3v) is 2.95. The minimum Gasteiger partial charge on any atom is -0.487 e. The largest absolute Gasteiger partial charge is 0.487 e. The van der Waals surface area contributed by atoms with Gasteiger partial charge in [-0.2, -0.15) is 0 Å². The number of nitrogens with one attached hydrogen (secondary N) is 1. The van der Waals surface area contributed by atoms with Gasteiger partial charge in [0.15, 0.2) is 0 Å². The summed E-state index contributed by atoms with van der Waals surface area (Å²) in [5.74, 6) is 0.575. The fourth-order valence-corrected chi connectivity index (χ4v) is 1.99. The second-order valence-corrected chi connectivity index (χ2v) is 4.22. The van der Waals surface area contributed by atoms with Gasteiger partial charge in [0.2, 0.25) is 5.75 Å². The van der Waals surface area contributed by atoms with Gasteiger partial charge in [0.25, 0.3) is 11.4 Å². The lowest BCUT2D eigenvalue weighted by Gasteiger charge is -2.10. The molecule has 0 radical (unpaired) electrons. The fourth-order valence-electron chi connectivity index (χ4n) is 1.99. The van der Waals surface area contributed by atoms with Crippen molar-refractivity contribution in [1.29, 1.82) is 0 Å². The minimum atomic E-state index is -0.416. The smallest absolute Gasteiger partial charge is 0.297 e. The average molecular weight is 284 g/mol. The Hall–Kier alpha value is -3.09. The van der Waals surface area contributed by atoms with Crippen LogP contribution in [0.2, 0.25) is 0 Å². The molecule has 0 aliphatic rings. The summed E-state index contributed by atoms with van der Waals surface area (Å²) in [6.07, 6.45) is 2.90. The van der Waals surface area contributed by atoms with Crippen molar-refractivity contribution >= 4 is 16.6 Å². The maximum absolute atomic E-state index is 11.6. The predicted octanol–water partition coefficient (Wildman–Crippen LogP) is 1.70. The molecule has 7 heteroatoms. The highest BCUT2D eigenvalue weighted by Gasteiger charge is 2.13. The lowest BCUT2D eigenvalue weighted by atomic mass is 10.2. The molecule has 0 saturated heterocycles. The van der Waals surface area contributed by atoms with Crippen LogP contribution < -0.4 is 20.8 Å². The maximum Gasteiger partial charge on any atom is 0.297 e. The molecule has 21 heavy (non-hydrogen) atoms. The lowest BCUT2D eigenvalue weighted by molar-refractivity contribution is 0.364. The normalized spacial score (nSPS) is 10.5. The Bertz CT molecular complexity index is 860. The molecule has 0 unspecified atom stereocenters. The van der Waals surface area contributed by atoms with Crippen LogP contribution >= 0.6 is 0 Å². The standard InChI is InChI=1S/C14H12N4O3/c1-20-12-13(19)17-7-18-14(12)21-10-5-4-9(15)11-8(10)3-2-6-16-11/h2-7H,15H2,1H3,(H,17,18,19). The van der Waals surface area contributed by atoms with Crippen LogP contribution in [0.1, 0.15) is 0 Å². The Morgan fingerprint density at radius 1 is 1.24 bits per heavy atom. The zero-order chi connectivity index (χ0) is 14.8. The van der Waals surface area contributed by atoms with Crippen LogP contribution in [0.5, 0.6) is 17.4 Å². The zero-order valence-corrected chi connectivity index (χ0v) is 11.2. The van der Waals surface area contributed by atoms with E-state index >= 15 is 0 Å². The Morgan fingerprint density at radius 3 is 2.90 bits per heavy atom. The monoisotopic (exact) mass is 284 g/mol. The summed E-state index contributed by atoms with van der Waals surface area (Å²) in [5.41, 5.74) is 6.64. The second-order valence-electron chi connectivity index (χ2n) is 4.22. The third kappa shape index (κ3) is 2.25. The quantitative estimate of drug-likeness (QED) is 0.709. The molecule has 0 spiro atoms. The number of nitrogens with zero attached hydrogens (tertiary/aromatic N) is 2. The van der Waals surface area contributed by atoms with Crippen LogP contribution in [-0.4, -0.2) is 22.1 Å². The molecular formula is C14H12N4O3. The number of pyridine rings is 1. The number of nitrogens with two attached hydrogens (primary N) is 1. The number of aromatic amines is 1. The van der Waals surface area contributed by atoms with Gasteiger partial charge in [0.05, 0.1) is 24.6 Å². The molecule has 0 bridgehead atoms. The summed E-state index contributed by atoms with van der Waals surface area (Å²) < 4.78 is 10.7. The molecule has 0 saturated carbocycles. The molecule has 7 nitrogen and oxygen atoms in total. The Balaban J connectivity index is 2.13. The minimum absolute atomic E-state index is 0.00589. The first-order chi connectivity index (χ1) is 10.2. The number of nitrogen functional groups attached to an aromatic ring is 1. The number of hydrogen-bond donors (Lipinski definition) is 2. The van der Waals surface area contributed by atoms with Crippen LogP contribution in [0.15, 0.2) is 41.6 Å². The van der Waals surface area contributed by atoms with E-state index in [1.54, 1.807) is 24.4 Å². The van der Waals surface area contributed by atoms with E-state index in [0.717, 1.165) is 5.39 Å². The summed E-state index contributed by atoms with van der Waals surface area (Å²) >= 11 is 0. The Labute approximate surface area is 119 Å². The SMILES string of the molecule is COc1c(Oc2ccc(N)c3ncccc23)nc[nH]c1=O. The Kier molecular flexibility index (Phi) is 3.15. The summed E-state index contributed by atoms with van der Waals surface area (Å²) in [6.45, 7) is 0. The highest BCUT2D eigenvalue weighted by molar-refractivity contribution is 5.93. The topological polar surface area (TPSA) is 103 Å². The van der Waals surface area contributed by atoms with E-state index in [0.29, 0.717) is 17.0 Å². The van der Waals surface area contributed by atoms with Gasteiger partial charge >= 0.3 is 0 Å². The van der Waals surface area contributed by atoms with Crippen molar-refractivity contribution in [1.82, 2.24) is 15.0 Å². The predicted molar refractivity (Wildman–Crippen MR) is 77.6 cm³/mol. The highest BCUT2D eigenvalue weighted by atomic mass is 16.5. The van der Waals surface area contributed by atoms with Crippen molar-refractivity contribution in [2.75, 3.05) is 12.8 Å². The van der Waals surface area contributed by atoms with Gasteiger partial charge in [-0.25, -0.2) is 4.98 Å². The second kappa shape index (κ2) is 5.12. The molecule has 2 aromatic heterocycles. The number of rotatable bonds is 3. The van der Waals surface area contributed by atoms with Gasteiger partial charge in [-0.05, 0) is 24.3 Å². The molecule has 3 N–H and O–H groups in total. The lowest BCUT2D eigenvalue weighted by Crippen LogP contribution is -2.11. The van der Waals surface area contributed by atoms with Crippen molar-refractivity contribution in [2.45, 2.75) is 0 Å². The molecular weight excluding hydrogens is 272 g/mol. The van der Waals surface area contributed by atoms with Crippen LogP contribution in [0, 0.1) is 0 Å². The van der Waals surface area contributed by atoms with E-state index in [9.17, 15) is 4.79 Å². The van der Waals surface area contributed by atoms with Crippen LogP contribution in [-0.2, 0) is 0 Å². The molecule has 0 amide bonds. The molecule has 0 aliphatic carbocycles. The summed E-state index contributed by atoms with van der Waals surface area (Å²) in [4.78, 5) is 22.3. The van der Waals surface area contributed by atoms with Crippen LogP contribution in [0.4, 0.5) is 5.69 Å². The molecule has 1 aromatic carbocycles. The van der Waals surface area contributed by atoms with Gasteiger partial charge in [0.1, 0.15) is 5.75 Å². The van der Waals surface area contributed by atoms with Gasteiger partial charge in [-0.1, -0.05) is 0 Å². The summed E-state index contributed by atoms with van der Waals surface area (Å²) in [7, 11) is 1.38. The summed E-state index contributed by atoms with van der Waals surface area (Å²) in [6, 6.07) is 6.98. The molecule has 0 fully saturated rings. The van der Waals surface area contributed by atoms with Gasteiger partial charge in [-0.15, -0.1) is 0 Å². The maximum atomic E-state index is 11.6. The number of fused-ring (bicyclic) bond motifs is 1. The third-order valence-electron chi connectivity index (χ3n) is 2.95. The van der Waals surface area contributed by atoms with Crippen molar-refractivity contribution < 1.29 is 9.47 Å². The first kappa shape index (κ1) is 12.9. The van der Waals surface area contributed by atoms with E-state index < -0.39 is 5.56 Å². The zero-order valence-electron chi connectivity index (χ0n) is 11.2. The van der Waals surface area contributed by atoms with E-state index in [-0.39, 0.29) is 11.6 Å². The van der Waals surface area contributed by atoms with E-state index in [1.165, 1.54) is 13.4 Å². The van der Waals surface area contributed by atoms with E-state index in [1.807, 2.05) is 6.07 Å². The van der Waals surface area contributed by atoms with Crippen LogP contribution in [0.3, 0.4) is 0 Å². The van der Waals surface area contributed by atoms with Crippen molar-refractivity contribution in [3.63, 3.8) is 0 Å². The number of aromatic nitrogens is 3. The van der Waals surface area contributed by atoms with Crippen LogP contribution in [0.25, 0.3) is 10.9 Å². The number of anilines is 1. The number of benzene rings is 1. The molecule has 2 heterocycles. The van der Waals surface area contributed by atoms with E-state index in [2.05, 4.69) is 15.0 Å². The first-order valence-corrected chi connectivity index (χ1v) is 6.13. The van der Waals surface area contributed by atoms with Gasteiger partial charge in [0, 0.05) is 11.6 Å². The number of methoxy groups -OCH3 is 1. The average Bonchev–Trinajstić information content (AvgIpc) is 2.51. The number of H-pyrrole nitrogens is 1. The molecule has 106 valence electrons. The number of hydrogen-bond acceptors (Lipinski definition) is 6. The highest BCUT2D eigenvalue weighted by Crippen LogP contribution is 2.33. The van der Waals surface area contributed by atoms with Gasteiger partial charge in [-0.3, -0.25) is 9.78 Å².